The minimum Gasteiger partial charge on any atom is -0.381 e. The van der Waals surface area contributed by atoms with E-state index in [9.17, 15) is 0 Å². The Hall–Kier alpha value is -0.680. The Morgan fingerprint density at radius 2 is 1.67 bits per heavy atom. The van der Waals surface area contributed by atoms with Gasteiger partial charge in [-0.3, -0.25) is 0 Å². The average Bonchev–Trinajstić information content (AvgIpc) is 2.98. The molecule has 0 bridgehead atoms. The Bertz CT molecular complexity index is 454. The predicted octanol–water partition coefficient (Wildman–Crippen LogP) is 3.48. The van der Waals surface area contributed by atoms with Crippen LogP contribution < -0.4 is 4.90 Å². The number of rotatable bonds is 2. The van der Waals surface area contributed by atoms with E-state index in [0.717, 1.165) is 49.1 Å². The number of hydrogen-bond donors (Lipinski definition) is 0. The van der Waals surface area contributed by atoms with Crippen LogP contribution in [0, 0.1) is 11.8 Å². The number of piperidine rings is 1. The molecule has 0 radical (unpaired) electrons. The molecule has 2 aliphatic heterocycles. The summed E-state index contributed by atoms with van der Waals surface area (Å²) in [5, 5.41) is 1.12. The highest BCUT2D eigenvalue weighted by atomic mass is 32.1. The molecule has 0 unspecified atom stereocenters. The number of ether oxygens (including phenoxy) is 1. The molecule has 0 spiro atoms. The summed E-state index contributed by atoms with van der Waals surface area (Å²) < 4.78 is 10.0. The van der Waals surface area contributed by atoms with Crippen LogP contribution in [-0.2, 0) is 10.2 Å². The van der Waals surface area contributed by atoms with Crippen molar-refractivity contribution in [3.63, 3.8) is 0 Å². The van der Waals surface area contributed by atoms with Gasteiger partial charge in [0.15, 0.2) is 0 Å². The van der Waals surface area contributed by atoms with E-state index in [0.29, 0.717) is 0 Å². The minimum atomic E-state index is 0.0508. The highest BCUT2D eigenvalue weighted by molar-refractivity contribution is 7.09. The van der Waals surface area contributed by atoms with E-state index < -0.39 is 0 Å². The van der Waals surface area contributed by atoms with Crippen molar-refractivity contribution < 1.29 is 4.74 Å². The van der Waals surface area contributed by atoms with Crippen molar-refractivity contribution in [2.24, 2.45) is 11.8 Å². The SMILES string of the molecule is CC(C)(C)c1nsc(N2CCC(C3CCOCC3)CC2)n1. The van der Waals surface area contributed by atoms with Gasteiger partial charge in [0, 0.05) is 43.3 Å². The zero-order chi connectivity index (χ0) is 14.9. The van der Waals surface area contributed by atoms with Crippen LogP contribution in [-0.4, -0.2) is 35.7 Å². The molecule has 21 heavy (non-hydrogen) atoms. The summed E-state index contributed by atoms with van der Waals surface area (Å²) in [6, 6.07) is 0. The van der Waals surface area contributed by atoms with Crippen LogP contribution in [0.1, 0.15) is 52.3 Å². The van der Waals surface area contributed by atoms with Crippen LogP contribution in [0.2, 0.25) is 0 Å². The largest absolute Gasteiger partial charge is 0.381 e. The molecule has 3 heterocycles. The van der Waals surface area contributed by atoms with Gasteiger partial charge in [-0.15, -0.1) is 0 Å². The molecule has 0 N–H and O–H groups in total. The molecule has 3 rings (SSSR count). The number of aromatic nitrogens is 2. The van der Waals surface area contributed by atoms with Crippen LogP contribution in [0.25, 0.3) is 0 Å². The molecule has 118 valence electrons. The molecule has 2 aliphatic rings. The fourth-order valence-electron chi connectivity index (χ4n) is 3.40. The maximum absolute atomic E-state index is 5.49. The molecule has 0 aliphatic carbocycles. The van der Waals surface area contributed by atoms with E-state index >= 15 is 0 Å². The molecule has 2 saturated heterocycles. The van der Waals surface area contributed by atoms with Crippen molar-refractivity contribution >= 4 is 16.7 Å². The van der Waals surface area contributed by atoms with Gasteiger partial charge in [0.25, 0.3) is 0 Å². The Morgan fingerprint density at radius 1 is 1.05 bits per heavy atom. The van der Waals surface area contributed by atoms with Gasteiger partial charge in [0.2, 0.25) is 5.13 Å². The molecule has 1 aromatic heterocycles. The van der Waals surface area contributed by atoms with Gasteiger partial charge in [0.05, 0.1) is 0 Å². The van der Waals surface area contributed by atoms with Crippen molar-refractivity contribution in [3.05, 3.63) is 5.82 Å². The summed E-state index contributed by atoms with van der Waals surface area (Å²) in [5.41, 5.74) is 0.0508. The third-order valence-corrected chi connectivity index (χ3v) is 5.61. The summed E-state index contributed by atoms with van der Waals surface area (Å²) in [6.45, 7) is 10.7. The third-order valence-electron chi connectivity index (χ3n) is 4.83. The summed E-state index contributed by atoms with van der Waals surface area (Å²) in [4.78, 5) is 7.19. The maximum Gasteiger partial charge on any atom is 0.205 e. The normalized spacial score (nSPS) is 22.7. The molecule has 0 amide bonds. The molecule has 5 heteroatoms. The second-order valence-corrected chi connectivity index (χ2v) is 8.16. The van der Waals surface area contributed by atoms with E-state index in [1.807, 2.05) is 0 Å². The van der Waals surface area contributed by atoms with Crippen molar-refractivity contribution in [3.8, 4) is 0 Å². The number of hydrogen-bond acceptors (Lipinski definition) is 5. The lowest BCUT2D eigenvalue weighted by Crippen LogP contribution is -2.37. The highest BCUT2D eigenvalue weighted by Crippen LogP contribution is 2.34. The highest BCUT2D eigenvalue weighted by Gasteiger charge is 2.29. The molecule has 2 fully saturated rings. The molecule has 4 nitrogen and oxygen atoms in total. The fourth-order valence-corrected chi connectivity index (χ4v) is 4.31. The van der Waals surface area contributed by atoms with Gasteiger partial charge in [-0.25, -0.2) is 4.98 Å². The van der Waals surface area contributed by atoms with Gasteiger partial charge in [-0.05, 0) is 37.5 Å². The van der Waals surface area contributed by atoms with Gasteiger partial charge in [-0.1, -0.05) is 20.8 Å². The van der Waals surface area contributed by atoms with Crippen molar-refractivity contribution in [1.82, 2.24) is 9.36 Å². The van der Waals surface area contributed by atoms with E-state index in [4.69, 9.17) is 9.72 Å². The molecule has 1 aromatic rings. The number of nitrogens with zero attached hydrogens (tertiary/aromatic N) is 3. The van der Waals surface area contributed by atoms with Crippen molar-refractivity contribution in [2.45, 2.75) is 51.9 Å². The van der Waals surface area contributed by atoms with Crippen molar-refractivity contribution in [2.75, 3.05) is 31.2 Å². The quantitative estimate of drug-likeness (QED) is 0.838. The Morgan fingerprint density at radius 3 is 2.24 bits per heavy atom. The Balaban J connectivity index is 1.56. The van der Waals surface area contributed by atoms with Gasteiger partial charge >= 0.3 is 0 Å². The lowest BCUT2D eigenvalue weighted by molar-refractivity contribution is 0.0419. The monoisotopic (exact) mass is 309 g/mol. The van der Waals surface area contributed by atoms with E-state index in [1.54, 1.807) is 11.5 Å². The zero-order valence-electron chi connectivity index (χ0n) is 13.5. The van der Waals surface area contributed by atoms with Crippen LogP contribution in [0.5, 0.6) is 0 Å². The third kappa shape index (κ3) is 3.57. The molecule has 0 aromatic carbocycles. The van der Waals surface area contributed by atoms with Gasteiger partial charge < -0.3 is 9.64 Å². The summed E-state index contributed by atoms with van der Waals surface area (Å²) in [5.74, 6) is 2.76. The predicted molar refractivity (Wildman–Crippen MR) is 87.1 cm³/mol. The van der Waals surface area contributed by atoms with Gasteiger partial charge in [0.1, 0.15) is 5.82 Å². The van der Waals surface area contributed by atoms with Crippen LogP contribution >= 0.6 is 11.5 Å². The standard InChI is InChI=1S/C16H27N3OS/c1-16(2,3)14-17-15(21-18-14)19-8-4-12(5-9-19)13-6-10-20-11-7-13/h12-13H,4-11H2,1-3H3. The molecular weight excluding hydrogens is 282 g/mol. The van der Waals surface area contributed by atoms with Crippen LogP contribution in [0.4, 0.5) is 5.13 Å². The van der Waals surface area contributed by atoms with Crippen molar-refractivity contribution in [1.29, 1.82) is 0 Å². The first kappa shape index (κ1) is 15.2. The number of anilines is 1. The lowest BCUT2D eigenvalue weighted by atomic mass is 9.80. The maximum atomic E-state index is 5.49. The average molecular weight is 309 g/mol. The van der Waals surface area contributed by atoms with Crippen LogP contribution in [0.3, 0.4) is 0 Å². The molecule has 0 atom stereocenters. The fraction of sp³-hybridized carbons (Fsp3) is 0.875. The first-order valence-corrected chi connectivity index (χ1v) is 8.98. The first-order chi connectivity index (χ1) is 10.0. The minimum absolute atomic E-state index is 0.0508. The van der Waals surface area contributed by atoms with Gasteiger partial charge in [-0.2, -0.15) is 4.37 Å². The summed E-state index contributed by atoms with van der Waals surface area (Å²) >= 11 is 1.56. The molecule has 0 saturated carbocycles. The molecular formula is C16H27N3OS. The summed E-state index contributed by atoms with van der Waals surface area (Å²) in [6.07, 6.45) is 5.12. The Kier molecular flexibility index (Phi) is 4.50. The second kappa shape index (κ2) is 6.21. The zero-order valence-corrected chi connectivity index (χ0v) is 14.3. The summed E-state index contributed by atoms with van der Waals surface area (Å²) in [7, 11) is 0. The van der Waals surface area contributed by atoms with E-state index in [1.165, 1.54) is 25.7 Å². The lowest BCUT2D eigenvalue weighted by Gasteiger charge is -2.37. The van der Waals surface area contributed by atoms with Crippen LogP contribution in [0.15, 0.2) is 0 Å². The van der Waals surface area contributed by atoms with E-state index in [-0.39, 0.29) is 5.41 Å². The Labute approximate surface area is 132 Å². The smallest absolute Gasteiger partial charge is 0.205 e. The first-order valence-electron chi connectivity index (χ1n) is 8.21. The topological polar surface area (TPSA) is 38.2 Å². The van der Waals surface area contributed by atoms with E-state index in [2.05, 4.69) is 30.0 Å². The second-order valence-electron chi connectivity index (χ2n) is 7.42.